The molecule has 0 aliphatic rings. The lowest BCUT2D eigenvalue weighted by molar-refractivity contribution is -0.133. The van der Waals surface area contributed by atoms with Crippen LogP contribution in [0, 0.1) is 6.92 Å². The van der Waals surface area contributed by atoms with E-state index in [1.807, 2.05) is 26.3 Å². The van der Waals surface area contributed by atoms with Gasteiger partial charge in [-0.15, -0.1) is 11.3 Å². The van der Waals surface area contributed by atoms with Crippen LogP contribution in [-0.2, 0) is 9.47 Å². The number of hydrogen-bond donors (Lipinski definition) is 1. The molecule has 1 heterocycles. The molecule has 0 aromatic carbocycles. The van der Waals surface area contributed by atoms with Crippen LogP contribution in [0.2, 0.25) is 0 Å². The number of thiazole rings is 1. The first-order valence-corrected chi connectivity index (χ1v) is 6.93. The lowest BCUT2D eigenvalue weighted by atomic mass is 10.2. The van der Waals surface area contributed by atoms with Crippen molar-refractivity contribution in [3.05, 3.63) is 16.1 Å². The Morgan fingerprint density at radius 1 is 1.35 bits per heavy atom. The summed E-state index contributed by atoms with van der Waals surface area (Å²) in [5, 5.41) is 3.42. The second-order valence-electron chi connectivity index (χ2n) is 3.77. The van der Waals surface area contributed by atoms with Crippen molar-refractivity contribution in [2.24, 2.45) is 0 Å². The number of rotatable bonds is 8. The molecule has 0 fully saturated rings. The second kappa shape index (κ2) is 7.76. The van der Waals surface area contributed by atoms with Gasteiger partial charge in [-0.2, -0.15) is 0 Å². The van der Waals surface area contributed by atoms with Crippen molar-refractivity contribution >= 4 is 11.3 Å². The normalized spacial score (nSPS) is 13.2. The Morgan fingerprint density at radius 2 is 2.00 bits per heavy atom. The molecule has 0 saturated heterocycles. The lowest BCUT2D eigenvalue weighted by Crippen LogP contribution is -2.33. The van der Waals surface area contributed by atoms with Crippen molar-refractivity contribution in [3.8, 4) is 0 Å². The molecule has 4 nitrogen and oxygen atoms in total. The summed E-state index contributed by atoms with van der Waals surface area (Å²) in [6, 6.07) is 0.283. The Hall–Kier alpha value is -0.490. The van der Waals surface area contributed by atoms with E-state index in [9.17, 15) is 0 Å². The highest BCUT2D eigenvalue weighted by Gasteiger charge is 2.13. The molecule has 0 bridgehead atoms. The number of aromatic nitrogens is 1. The molecule has 98 valence electrons. The van der Waals surface area contributed by atoms with E-state index in [4.69, 9.17) is 9.47 Å². The van der Waals surface area contributed by atoms with E-state index in [0.29, 0.717) is 19.8 Å². The molecule has 0 aliphatic carbocycles. The molecule has 1 atom stereocenters. The van der Waals surface area contributed by atoms with E-state index in [0.717, 1.165) is 5.69 Å². The number of hydrogen-bond acceptors (Lipinski definition) is 5. The van der Waals surface area contributed by atoms with Crippen LogP contribution in [0.5, 0.6) is 0 Å². The van der Waals surface area contributed by atoms with Gasteiger partial charge in [0, 0.05) is 30.7 Å². The third-order valence-corrected chi connectivity index (χ3v) is 3.59. The molecule has 0 aliphatic heterocycles. The van der Waals surface area contributed by atoms with Crippen LogP contribution in [0.25, 0.3) is 0 Å². The molecule has 1 N–H and O–H groups in total. The van der Waals surface area contributed by atoms with Crippen LogP contribution in [0.1, 0.15) is 37.4 Å². The predicted molar refractivity (Wildman–Crippen MR) is 70.3 cm³/mol. The zero-order chi connectivity index (χ0) is 12.7. The summed E-state index contributed by atoms with van der Waals surface area (Å²) in [7, 11) is 0. The van der Waals surface area contributed by atoms with Crippen molar-refractivity contribution in [1.82, 2.24) is 10.3 Å². The fourth-order valence-corrected chi connectivity index (χ4v) is 2.47. The van der Waals surface area contributed by atoms with Crippen molar-refractivity contribution in [2.75, 3.05) is 19.8 Å². The Balaban J connectivity index is 2.40. The highest BCUT2D eigenvalue weighted by Crippen LogP contribution is 2.20. The molecule has 1 aromatic rings. The van der Waals surface area contributed by atoms with Crippen LogP contribution in [0.3, 0.4) is 0 Å². The van der Waals surface area contributed by atoms with Crippen LogP contribution in [0.4, 0.5) is 0 Å². The second-order valence-corrected chi connectivity index (χ2v) is 4.66. The average molecular weight is 258 g/mol. The van der Waals surface area contributed by atoms with Gasteiger partial charge in [-0.25, -0.2) is 4.98 Å². The highest BCUT2D eigenvalue weighted by atomic mass is 32.1. The summed E-state index contributed by atoms with van der Waals surface area (Å²) in [4.78, 5) is 5.53. The maximum atomic E-state index is 5.48. The molecule has 1 rings (SSSR count). The summed E-state index contributed by atoms with van der Waals surface area (Å²) < 4.78 is 11.0. The molecule has 1 aromatic heterocycles. The van der Waals surface area contributed by atoms with Crippen LogP contribution in [0.15, 0.2) is 5.51 Å². The quantitative estimate of drug-likeness (QED) is 0.728. The molecule has 5 heteroatoms. The van der Waals surface area contributed by atoms with Gasteiger partial charge in [0.25, 0.3) is 0 Å². The molecule has 0 spiro atoms. The maximum absolute atomic E-state index is 5.48. The largest absolute Gasteiger partial charge is 0.352 e. The minimum absolute atomic E-state index is 0.166. The first-order valence-electron chi connectivity index (χ1n) is 6.05. The fraction of sp³-hybridized carbons (Fsp3) is 0.750. The van der Waals surface area contributed by atoms with Crippen molar-refractivity contribution < 1.29 is 9.47 Å². The highest BCUT2D eigenvalue weighted by molar-refractivity contribution is 7.09. The summed E-state index contributed by atoms with van der Waals surface area (Å²) >= 11 is 1.68. The van der Waals surface area contributed by atoms with Crippen LogP contribution < -0.4 is 5.32 Å². The minimum Gasteiger partial charge on any atom is -0.352 e. The van der Waals surface area contributed by atoms with Gasteiger partial charge in [0.2, 0.25) is 0 Å². The Labute approximate surface area is 107 Å². The summed E-state index contributed by atoms with van der Waals surface area (Å²) in [6.45, 7) is 10.1. The van der Waals surface area contributed by atoms with Gasteiger partial charge in [-0.3, -0.25) is 0 Å². The number of nitrogens with zero attached hydrogens (tertiary/aromatic N) is 1. The average Bonchev–Trinajstić information content (AvgIpc) is 2.72. The molecule has 0 radical (unpaired) electrons. The van der Waals surface area contributed by atoms with Gasteiger partial charge < -0.3 is 14.8 Å². The lowest BCUT2D eigenvalue weighted by Gasteiger charge is -2.20. The van der Waals surface area contributed by atoms with Crippen molar-refractivity contribution in [2.45, 2.75) is 40.0 Å². The molecule has 0 saturated carbocycles. The SMILES string of the molecule is CCOC(CNC(C)c1scnc1C)OCC. The van der Waals surface area contributed by atoms with E-state index in [1.165, 1.54) is 4.88 Å². The zero-order valence-corrected chi connectivity index (χ0v) is 11.8. The fourth-order valence-electron chi connectivity index (χ4n) is 1.63. The predicted octanol–water partition coefficient (Wildman–Crippen LogP) is 2.50. The molecular formula is C12H22N2O2S. The maximum Gasteiger partial charge on any atom is 0.169 e. The first-order chi connectivity index (χ1) is 8.19. The van der Waals surface area contributed by atoms with Crippen molar-refractivity contribution in [3.63, 3.8) is 0 Å². The summed E-state index contributed by atoms with van der Waals surface area (Å²) in [5.41, 5.74) is 2.98. The number of ether oxygens (including phenoxy) is 2. The van der Waals surface area contributed by atoms with Gasteiger partial charge >= 0.3 is 0 Å². The van der Waals surface area contributed by atoms with Gasteiger partial charge in [0.1, 0.15) is 0 Å². The van der Waals surface area contributed by atoms with E-state index >= 15 is 0 Å². The molecule has 1 unspecified atom stereocenters. The van der Waals surface area contributed by atoms with Gasteiger partial charge in [-0.1, -0.05) is 0 Å². The van der Waals surface area contributed by atoms with Gasteiger partial charge in [0.05, 0.1) is 11.2 Å². The topological polar surface area (TPSA) is 43.4 Å². The minimum atomic E-state index is -0.166. The monoisotopic (exact) mass is 258 g/mol. The van der Waals surface area contributed by atoms with Crippen molar-refractivity contribution in [1.29, 1.82) is 0 Å². The van der Waals surface area contributed by atoms with E-state index in [1.54, 1.807) is 11.3 Å². The van der Waals surface area contributed by atoms with Crippen LogP contribution in [-0.4, -0.2) is 31.0 Å². The first kappa shape index (κ1) is 14.6. The summed E-state index contributed by atoms with van der Waals surface area (Å²) in [6.07, 6.45) is -0.166. The number of nitrogens with one attached hydrogen (secondary N) is 1. The van der Waals surface area contributed by atoms with Crippen LogP contribution >= 0.6 is 11.3 Å². The molecule has 17 heavy (non-hydrogen) atoms. The Morgan fingerprint density at radius 3 is 2.47 bits per heavy atom. The third-order valence-electron chi connectivity index (χ3n) is 2.47. The number of aryl methyl sites for hydroxylation is 1. The van der Waals surface area contributed by atoms with E-state index < -0.39 is 0 Å². The third kappa shape index (κ3) is 4.71. The van der Waals surface area contributed by atoms with Gasteiger partial charge in [0.15, 0.2) is 6.29 Å². The summed E-state index contributed by atoms with van der Waals surface area (Å²) in [5.74, 6) is 0. The van der Waals surface area contributed by atoms with Gasteiger partial charge in [-0.05, 0) is 27.7 Å². The smallest absolute Gasteiger partial charge is 0.169 e. The zero-order valence-electron chi connectivity index (χ0n) is 11.0. The molecule has 0 amide bonds. The molecular weight excluding hydrogens is 236 g/mol. The van der Waals surface area contributed by atoms with E-state index in [2.05, 4.69) is 17.2 Å². The van der Waals surface area contributed by atoms with E-state index in [-0.39, 0.29) is 12.3 Å². The standard InChI is InChI=1S/C12H22N2O2S/c1-5-15-11(16-6-2)7-13-9(3)12-10(4)14-8-17-12/h8-9,11,13H,5-7H2,1-4H3. The Kier molecular flexibility index (Phi) is 6.65. The Bertz CT molecular complexity index is 311.